The van der Waals surface area contributed by atoms with Crippen LogP contribution in [0.15, 0.2) is 18.3 Å². The molecule has 3 heterocycles. The zero-order valence-electron chi connectivity index (χ0n) is 19.9. The molecule has 4 atom stereocenters. The maximum absolute atomic E-state index is 12.7. The van der Waals surface area contributed by atoms with E-state index in [1.54, 1.807) is 0 Å². The Morgan fingerprint density at radius 2 is 1.79 bits per heavy atom. The number of anilines is 1. The van der Waals surface area contributed by atoms with Gasteiger partial charge in [0.1, 0.15) is 0 Å². The van der Waals surface area contributed by atoms with Crippen LogP contribution in [0.2, 0.25) is 0 Å². The molecule has 34 heavy (non-hydrogen) atoms. The lowest BCUT2D eigenvalue weighted by atomic mass is 10.0. The first-order valence-electron chi connectivity index (χ1n) is 12.2. The molecule has 3 fully saturated rings. The second kappa shape index (κ2) is 8.71. The van der Waals surface area contributed by atoms with Crippen molar-refractivity contribution in [3.05, 3.63) is 24.0 Å². The smallest absolute Gasteiger partial charge is 0.402 e. The van der Waals surface area contributed by atoms with E-state index in [0.717, 1.165) is 32.7 Å². The monoisotopic (exact) mass is 478 g/mol. The Kier molecular flexibility index (Phi) is 6.00. The molecule has 7 nitrogen and oxygen atoms in total. The summed E-state index contributed by atoms with van der Waals surface area (Å²) in [6.45, 7) is 12.1. The summed E-state index contributed by atoms with van der Waals surface area (Å²) in [5.41, 5.74) is 7.83. The lowest BCUT2D eigenvalue weighted by Crippen LogP contribution is -2.49. The molecule has 5 rings (SSSR count). The summed E-state index contributed by atoms with van der Waals surface area (Å²) in [6, 6.07) is 4.11. The molecule has 186 valence electrons. The summed E-state index contributed by atoms with van der Waals surface area (Å²) in [6.07, 6.45) is -0.947. The van der Waals surface area contributed by atoms with Crippen molar-refractivity contribution in [3.8, 4) is 17.0 Å². The fourth-order valence-electron chi connectivity index (χ4n) is 6.01. The number of likely N-dealkylation sites (N-methyl/N-ethyl adjacent to an activating group) is 1. The van der Waals surface area contributed by atoms with E-state index >= 15 is 0 Å². The van der Waals surface area contributed by atoms with Gasteiger partial charge in [-0.05, 0) is 57.2 Å². The van der Waals surface area contributed by atoms with Crippen LogP contribution in [0, 0.1) is 11.8 Å². The number of hydrogen-bond donors (Lipinski definition) is 1. The van der Waals surface area contributed by atoms with E-state index in [0.29, 0.717) is 35.1 Å². The third-order valence-corrected chi connectivity index (χ3v) is 7.79. The fourth-order valence-corrected chi connectivity index (χ4v) is 6.01. The van der Waals surface area contributed by atoms with Crippen LogP contribution in [0.1, 0.15) is 51.3 Å². The summed E-state index contributed by atoms with van der Waals surface area (Å²) in [4.78, 5) is 9.09. The van der Waals surface area contributed by atoms with Gasteiger partial charge in [-0.3, -0.25) is 9.58 Å². The number of aromatic nitrogens is 3. The molecule has 2 N–H and O–H groups in total. The third kappa shape index (κ3) is 4.49. The van der Waals surface area contributed by atoms with Crippen molar-refractivity contribution in [2.24, 2.45) is 11.8 Å². The van der Waals surface area contributed by atoms with Crippen LogP contribution in [0.3, 0.4) is 0 Å². The van der Waals surface area contributed by atoms with E-state index < -0.39 is 12.1 Å². The van der Waals surface area contributed by atoms with Gasteiger partial charge in [-0.25, -0.2) is 4.98 Å². The van der Waals surface area contributed by atoms with Gasteiger partial charge in [0.25, 0.3) is 0 Å². The molecule has 3 aliphatic rings. The average molecular weight is 479 g/mol. The number of piperazine rings is 1. The molecule has 10 heteroatoms. The summed E-state index contributed by atoms with van der Waals surface area (Å²) < 4.78 is 44.3. The standard InChI is InChI=1S/C24H33F3N6O/c1-4-31-5-7-32(8-6-31)16-10-17-18(11-16)22(17)20-12-19(30-33(20)14(2)3)15-9-21(23(28)29-13-15)34-24(25,26)27/h9,12-14,16-18,22H,4-8,10-11H2,1-3H3,(H2,28,29)/t16-,17-,18+,22+. The summed E-state index contributed by atoms with van der Waals surface area (Å²) >= 11 is 0. The van der Waals surface area contributed by atoms with Gasteiger partial charge < -0.3 is 15.4 Å². The lowest BCUT2D eigenvalue weighted by Gasteiger charge is -2.38. The van der Waals surface area contributed by atoms with E-state index in [2.05, 4.69) is 40.3 Å². The molecule has 0 spiro atoms. The lowest BCUT2D eigenvalue weighted by molar-refractivity contribution is -0.274. The van der Waals surface area contributed by atoms with Crippen molar-refractivity contribution in [2.75, 3.05) is 38.5 Å². The molecule has 2 aromatic rings. The van der Waals surface area contributed by atoms with Gasteiger partial charge in [0.05, 0.1) is 5.69 Å². The van der Waals surface area contributed by atoms with Gasteiger partial charge in [0.2, 0.25) is 0 Å². The van der Waals surface area contributed by atoms with Crippen molar-refractivity contribution < 1.29 is 17.9 Å². The SMILES string of the molecule is CCN1CCN([C@@H]2C[C@@H]3[C@H](C2)[C@H]3c2cc(-c3cnc(N)c(OC(F)(F)F)c3)nn2C(C)C)CC1. The van der Waals surface area contributed by atoms with E-state index in [9.17, 15) is 13.2 Å². The molecule has 2 aliphatic carbocycles. The van der Waals surface area contributed by atoms with Crippen molar-refractivity contribution in [2.45, 2.75) is 58.0 Å². The predicted molar refractivity (Wildman–Crippen MR) is 123 cm³/mol. The van der Waals surface area contributed by atoms with Gasteiger partial charge >= 0.3 is 6.36 Å². The molecular weight excluding hydrogens is 445 g/mol. The van der Waals surface area contributed by atoms with Crippen LogP contribution in [-0.4, -0.2) is 69.7 Å². The van der Waals surface area contributed by atoms with Crippen molar-refractivity contribution in [1.29, 1.82) is 0 Å². The largest absolute Gasteiger partial charge is 0.573 e. The van der Waals surface area contributed by atoms with E-state index in [1.165, 1.54) is 30.8 Å². The van der Waals surface area contributed by atoms with E-state index in [-0.39, 0.29) is 11.9 Å². The van der Waals surface area contributed by atoms with Gasteiger partial charge in [-0.1, -0.05) is 6.92 Å². The van der Waals surface area contributed by atoms with Gasteiger partial charge in [0, 0.05) is 61.6 Å². The molecular formula is C24H33F3N6O. The maximum Gasteiger partial charge on any atom is 0.573 e. The number of ether oxygens (including phenoxy) is 1. The number of pyridine rings is 1. The molecule has 0 bridgehead atoms. The Morgan fingerprint density at radius 3 is 2.38 bits per heavy atom. The molecule has 0 amide bonds. The van der Waals surface area contributed by atoms with Crippen LogP contribution < -0.4 is 10.5 Å². The summed E-state index contributed by atoms with van der Waals surface area (Å²) in [5.74, 6) is 0.978. The Hall–Kier alpha value is -2.33. The quantitative estimate of drug-likeness (QED) is 0.673. The Labute approximate surface area is 198 Å². The third-order valence-electron chi connectivity index (χ3n) is 7.79. The number of nitrogens with zero attached hydrogens (tertiary/aromatic N) is 5. The Balaban J connectivity index is 1.32. The highest BCUT2D eigenvalue weighted by Gasteiger charge is 2.58. The molecule has 0 radical (unpaired) electrons. The molecule has 2 aromatic heterocycles. The number of nitrogens with two attached hydrogens (primary N) is 1. The van der Waals surface area contributed by atoms with E-state index in [1.807, 2.05) is 10.7 Å². The molecule has 0 aromatic carbocycles. The first-order valence-corrected chi connectivity index (χ1v) is 12.2. The molecule has 1 saturated heterocycles. The zero-order chi connectivity index (χ0) is 24.2. The highest BCUT2D eigenvalue weighted by atomic mass is 19.4. The van der Waals surface area contributed by atoms with Crippen molar-refractivity contribution in [1.82, 2.24) is 24.6 Å². The van der Waals surface area contributed by atoms with Gasteiger partial charge in [0.15, 0.2) is 11.6 Å². The van der Waals surface area contributed by atoms with Crippen LogP contribution in [0.5, 0.6) is 5.75 Å². The Morgan fingerprint density at radius 1 is 1.12 bits per heavy atom. The fraction of sp³-hybridized carbons (Fsp3) is 0.667. The maximum atomic E-state index is 12.7. The van der Waals surface area contributed by atoms with Gasteiger partial charge in [-0.2, -0.15) is 5.10 Å². The topological polar surface area (TPSA) is 72.4 Å². The van der Waals surface area contributed by atoms with Crippen molar-refractivity contribution in [3.63, 3.8) is 0 Å². The molecule has 2 saturated carbocycles. The van der Waals surface area contributed by atoms with Crippen LogP contribution in [0.4, 0.5) is 19.0 Å². The van der Waals surface area contributed by atoms with Crippen LogP contribution >= 0.6 is 0 Å². The van der Waals surface area contributed by atoms with Crippen molar-refractivity contribution >= 4 is 5.82 Å². The van der Waals surface area contributed by atoms with Crippen LogP contribution in [0.25, 0.3) is 11.3 Å². The normalized spacial score (nSPS) is 27.9. The highest BCUT2D eigenvalue weighted by Crippen LogP contribution is 2.64. The number of halogens is 3. The number of alkyl halides is 3. The van der Waals surface area contributed by atoms with Crippen LogP contribution in [-0.2, 0) is 0 Å². The second-order valence-electron chi connectivity index (χ2n) is 10.1. The highest BCUT2D eigenvalue weighted by molar-refractivity contribution is 5.64. The number of nitrogen functional groups attached to an aromatic ring is 1. The van der Waals surface area contributed by atoms with E-state index in [4.69, 9.17) is 10.8 Å². The minimum Gasteiger partial charge on any atom is -0.402 e. The number of hydrogen-bond acceptors (Lipinski definition) is 6. The Bertz CT molecular complexity index is 1020. The second-order valence-corrected chi connectivity index (χ2v) is 10.1. The molecule has 0 unspecified atom stereocenters. The summed E-state index contributed by atoms with van der Waals surface area (Å²) in [5, 5.41) is 4.75. The number of fused-ring (bicyclic) bond motifs is 1. The predicted octanol–water partition coefficient (Wildman–Crippen LogP) is 4.14. The first-order chi connectivity index (χ1) is 16.1. The molecule has 1 aliphatic heterocycles. The minimum atomic E-state index is -4.83. The first kappa shape index (κ1) is 23.4. The number of rotatable bonds is 6. The minimum absolute atomic E-state index is 0.149. The van der Waals surface area contributed by atoms with Gasteiger partial charge in [-0.15, -0.1) is 13.2 Å². The summed E-state index contributed by atoms with van der Waals surface area (Å²) in [7, 11) is 0. The average Bonchev–Trinajstić information content (AvgIpc) is 3.14. The zero-order valence-corrected chi connectivity index (χ0v) is 19.9.